The van der Waals surface area contributed by atoms with Crippen molar-refractivity contribution in [3.63, 3.8) is 0 Å². The predicted octanol–water partition coefficient (Wildman–Crippen LogP) is 2.42. The molecule has 3 aromatic rings. The molecule has 4 rings (SSSR count). The van der Waals surface area contributed by atoms with Crippen LogP contribution >= 0.6 is 22.9 Å². The third-order valence-electron chi connectivity index (χ3n) is 5.61. The molecule has 0 radical (unpaired) electrons. The van der Waals surface area contributed by atoms with Gasteiger partial charge < -0.3 is 15.5 Å². The van der Waals surface area contributed by atoms with Crippen LogP contribution in [0.3, 0.4) is 0 Å². The Morgan fingerprint density at radius 1 is 1.28 bits per heavy atom. The minimum Gasteiger partial charge on any atom is -0.359 e. The van der Waals surface area contributed by atoms with Gasteiger partial charge in [-0.3, -0.25) is 19.0 Å². The van der Waals surface area contributed by atoms with Gasteiger partial charge >= 0.3 is 0 Å². The van der Waals surface area contributed by atoms with E-state index >= 15 is 0 Å². The van der Waals surface area contributed by atoms with Crippen molar-refractivity contribution in [2.24, 2.45) is 5.92 Å². The van der Waals surface area contributed by atoms with Crippen LogP contribution in [0, 0.1) is 12.8 Å². The molecule has 1 aromatic carbocycles. The second-order valence-corrected chi connectivity index (χ2v) is 9.05. The summed E-state index contributed by atoms with van der Waals surface area (Å²) in [7, 11) is 1.65. The van der Waals surface area contributed by atoms with E-state index in [1.54, 1.807) is 25.2 Å². The summed E-state index contributed by atoms with van der Waals surface area (Å²) < 4.78 is 1.68. The molecular formula is C21H23ClN6O3S. The fourth-order valence-electron chi connectivity index (χ4n) is 3.71. The van der Waals surface area contributed by atoms with Crippen molar-refractivity contribution in [3.8, 4) is 0 Å². The average Bonchev–Trinajstić information content (AvgIpc) is 3.24. The summed E-state index contributed by atoms with van der Waals surface area (Å²) in [5.74, 6) is -0.285. The molecule has 11 heteroatoms. The number of hydrogen-bond donors (Lipinski definition) is 2. The topological polar surface area (TPSA) is 109 Å². The first-order chi connectivity index (χ1) is 15.4. The second kappa shape index (κ2) is 9.25. The van der Waals surface area contributed by atoms with Crippen LogP contribution in [0.4, 0.5) is 10.8 Å². The van der Waals surface area contributed by atoms with Crippen molar-refractivity contribution in [1.29, 1.82) is 0 Å². The number of carbonyl (C=O) groups excluding carboxylic acids is 2. The number of nitrogens with one attached hydrogen (secondary N) is 2. The van der Waals surface area contributed by atoms with E-state index in [2.05, 4.69) is 25.5 Å². The van der Waals surface area contributed by atoms with E-state index in [4.69, 9.17) is 11.6 Å². The Bertz CT molecular complexity index is 1230. The number of thiazole rings is 1. The summed E-state index contributed by atoms with van der Waals surface area (Å²) in [6, 6.07) is 5.25. The molecule has 3 heterocycles. The first-order valence-corrected chi connectivity index (χ1v) is 11.4. The van der Waals surface area contributed by atoms with Gasteiger partial charge in [0.1, 0.15) is 17.6 Å². The van der Waals surface area contributed by atoms with E-state index in [0.717, 1.165) is 18.4 Å². The van der Waals surface area contributed by atoms with E-state index in [1.165, 1.54) is 22.2 Å². The molecule has 2 N–H and O–H groups in total. The van der Waals surface area contributed by atoms with Crippen molar-refractivity contribution in [3.05, 3.63) is 45.5 Å². The summed E-state index contributed by atoms with van der Waals surface area (Å²) in [5.41, 5.74) is 1.42. The summed E-state index contributed by atoms with van der Waals surface area (Å²) in [5, 5.41) is 6.74. The van der Waals surface area contributed by atoms with E-state index in [-0.39, 0.29) is 29.8 Å². The number of aromatic nitrogens is 3. The lowest BCUT2D eigenvalue weighted by Crippen LogP contribution is -2.39. The molecule has 0 aliphatic carbocycles. The minimum absolute atomic E-state index is 0.00243. The Labute approximate surface area is 193 Å². The molecule has 1 fully saturated rings. The molecule has 1 saturated heterocycles. The normalized spacial score (nSPS) is 14.5. The molecule has 168 valence electrons. The molecule has 1 aliphatic heterocycles. The van der Waals surface area contributed by atoms with Crippen molar-refractivity contribution in [1.82, 2.24) is 19.9 Å². The maximum Gasteiger partial charge on any atom is 0.273 e. The number of piperidine rings is 1. The number of rotatable bonds is 5. The zero-order valence-corrected chi connectivity index (χ0v) is 19.3. The molecule has 2 amide bonds. The third kappa shape index (κ3) is 4.46. The van der Waals surface area contributed by atoms with Crippen LogP contribution in [0.5, 0.6) is 0 Å². The summed E-state index contributed by atoms with van der Waals surface area (Å²) >= 11 is 7.36. The minimum atomic E-state index is -0.348. The van der Waals surface area contributed by atoms with Crippen LogP contribution in [0.1, 0.15) is 18.4 Å². The van der Waals surface area contributed by atoms with Crippen molar-refractivity contribution in [2.45, 2.75) is 26.3 Å². The average molecular weight is 475 g/mol. The molecule has 0 atom stereocenters. The van der Waals surface area contributed by atoms with Gasteiger partial charge in [-0.25, -0.2) is 4.98 Å². The lowest BCUT2D eigenvalue weighted by Gasteiger charge is -2.30. The van der Waals surface area contributed by atoms with Crippen LogP contribution in [0.2, 0.25) is 5.02 Å². The monoisotopic (exact) mass is 474 g/mol. The molecule has 0 unspecified atom stereocenters. The first-order valence-electron chi connectivity index (χ1n) is 10.2. The fraction of sp³-hybridized carbons (Fsp3) is 0.381. The van der Waals surface area contributed by atoms with Crippen LogP contribution in [0.25, 0.3) is 10.3 Å². The van der Waals surface area contributed by atoms with Crippen LogP contribution in [0.15, 0.2) is 29.3 Å². The van der Waals surface area contributed by atoms with Gasteiger partial charge in [-0.2, -0.15) is 4.98 Å². The van der Waals surface area contributed by atoms with E-state index < -0.39 is 0 Å². The molecule has 9 nitrogen and oxygen atoms in total. The fourth-order valence-corrected chi connectivity index (χ4v) is 4.90. The van der Waals surface area contributed by atoms with Crippen molar-refractivity contribution < 1.29 is 9.59 Å². The summed E-state index contributed by atoms with van der Waals surface area (Å²) in [6.45, 7) is 3.02. The zero-order valence-electron chi connectivity index (χ0n) is 17.7. The lowest BCUT2D eigenvalue weighted by atomic mass is 9.96. The Hall–Kier alpha value is -2.98. The molecule has 32 heavy (non-hydrogen) atoms. The maximum absolute atomic E-state index is 12.9. The first kappa shape index (κ1) is 22.2. The number of anilines is 2. The Morgan fingerprint density at radius 3 is 2.75 bits per heavy atom. The second-order valence-electron chi connectivity index (χ2n) is 7.66. The maximum atomic E-state index is 12.9. The van der Waals surface area contributed by atoms with Gasteiger partial charge in [0.15, 0.2) is 10.8 Å². The van der Waals surface area contributed by atoms with E-state index in [9.17, 15) is 14.4 Å². The number of amides is 2. The molecule has 2 aromatic heterocycles. The van der Waals surface area contributed by atoms with E-state index in [0.29, 0.717) is 39.3 Å². The highest BCUT2D eigenvalue weighted by Crippen LogP contribution is 2.29. The quantitative estimate of drug-likeness (QED) is 0.587. The van der Waals surface area contributed by atoms with Gasteiger partial charge in [0.05, 0.1) is 0 Å². The highest BCUT2D eigenvalue weighted by molar-refractivity contribution is 7.22. The SMILES string of the molecule is CNC(=O)C1CCN(c2nc3ncn(CC(=O)Nc4cccc(Cl)c4C)c(=O)c3s2)CC1. The van der Waals surface area contributed by atoms with Gasteiger partial charge in [-0.05, 0) is 37.5 Å². The third-order valence-corrected chi connectivity index (χ3v) is 7.11. The molecule has 1 aliphatic rings. The highest BCUT2D eigenvalue weighted by atomic mass is 35.5. The van der Waals surface area contributed by atoms with Gasteiger partial charge in [0, 0.05) is 36.8 Å². The number of benzene rings is 1. The van der Waals surface area contributed by atoms with Gasteiger partial charge in [-0.1, -0.05) is 29.0 Å². The molecule has 0 spiro atoms. The van der Waals surface area contributed by atoms with Crippen molar-refractivity contribution >= 4 is 55.9 Å². The highest BCUT2D eigenvalue weighted by Gasteiger charge is 2.26. The zero-order chi connectivity index (χ0) is 22.8. The van der Waals surface area contributed by atoms with Crippen LogP contribution < -0.4 is 21.1 Å². The van der Waals surface area contributed by atoms with E-state index in [1.807, 2.05) is 6.92 Å². The lowest BCUT2D eigenvalue weighted by molar-refractivity contribution is -0.125. The molecular weight excluding hydrogens is 452 g/mol. The largest absolute Gasteiger partial charge is 0.359 e. The van der Waals surface area contributed by atoms with Crippen LogP contribution in [-0.2, 0) is 16.1 Å². The number of fused-ring (bicyclic) bond motifs is 1. The predicted molar refractivity (Wildman–Crippen MR) is 125 cm³/mol. The van der Waals surface area contributed by atoms with Crippen LogP contribution in [-0.4, -0.2) is 46.5 Å². The van der Waals surface area contributed by atoms with Gasteiger partial charge in [0.25, 0.3) is 5.56 Å². The summed E-state index contributed by atoms with van der Waals surface area (Å²) in [4.78, 5) is 48.1. The Morgan fingerprint density at radius 2 is 2.03 bits per heavy atom. The van der Waals surface area contributed by atoms with Gasteiger partial charge in [-0.15, -0.1) is 0 Å². The summed E-state index contributed by atoms with van der Waals surface area (Å²) in [6.07, 6.45) is 2.81. The number of carbonyl (C=O) groups is 2. The Balaban J connectivity index is 1.48. The number of halogens is 1. The Kier molecular flexibility index (Phi) is 6.43. The smallest absolute Gasteiger partial charge is 0.273 e. The standard InChI is InChI=1S/C21H23ClN6O3S/c1-12-14(22)4-3-5-15(12)25-16(29)10-28-11-24-18-17(20(28)31)32-21(26-18)27-8-6-13(7-9-27)19(30)23-2/h3-5,11,13H,6-10H2,1-2H3,(H,23,30)(H,25,29). The van der Waals surface area contributed by atoms with Gasteiger partial charge in [0.2, 0.25) is 11.8 Å². The number of hydrogen-bond acceptors (Lipinski definition) is 7. The number of nitrogens with zero attached hydrogens (tertiary/aromatic N) is 4. The molecule has 0 saturated carbocycles. The van der Waals surface area contributed by atoms with Crippen molar-refractivity contribution in [2.75, 3.05) is 30.4 Å². The molecule has 0 bridgehead atoms.